The number of amides is 1. The number of anilines is 1. The topological polar surface area (TPSA) is 89.8 Å². The Labute approximate surface area is 222 Å². The van der Waals surface area contributed by atoms with Crippen LogP contribution in [-0.4, -0.2) is 27.2 Å². The first-order chi connectivity index (χ1) is 16.9. The van der Waals surface area contributed by atoms with Crippen molar-refractivity contribution in [1.29, 1.82) is 5.26 Å². The number of rotatable bonds is 9. The second-order valence-corrected chi connectivity index (χ2v) is 8.69. The first-order valence-electron chi connectivity index (χ1n) is 10.3. The molecule has 3 aromatic rings. The van der Waals surface area contributed by atoms with Crippen molar-refractivity contribution in [3.63, 3.8) is 0 Å². The lowest BCUT2D eigenvalue weighted by Gasteiger charge is -2.14. The van der Waals surface area contributed by atoms with Crippen molar-refractivity contribution in [1.82, 2.24) is 0 Å². The molecular weight excluding hydrogens is 583 g/mol. The van der Waals surface area contributed by atoms with Crippen LogP contribution in [0.25, 0.3) is 6.08 Å². The molecule has 7 nitrogen and oxygen atoms in total. The molecule has 0 aliphatic rings. The second-order valence-electron chi connectivity index (χ2n) is 7.12. The summed E-state index contributed by atoms with van der Waals surface area (Å²) in [5, 5.41) is 12.7. The van der Waals surface area contributed by atoms with Crippen LogP contribution in [0.4, 0.5) is 5.69 Å². The number of carbonyl (C=O) groups is 1. The highest BCUT2D eigenvalue weighted by Crippen LogP contribution is 2.37. The Morgan fingerprint density at radius 1 is 1.03 bits per heavy atom. The molecule has 180 valence electrons. The average molecular weight is 605 g/mol. The molecule has 0 aliphatic carbocycles. The van der Waals surface area contributed by atoms with Gasteiger partial charge in [0.05, 0.1) is 35.6 Å². The van der Waals surface area contributed by atoms with Crippen molar-refractivity contribution in [3.8, 4) is 29.1 Å². The van der Waals surface area contributed by atoms with Crippen LogP contribution in [0.3, 0.4) is 0 Å². The van der Waals surface area contributed by atoms with E-state index in [0.717, 1.165) is 9.13 Å². The van der Waals surface area contributed by atoms with Gasteiger partial charge in [0, 0.05) is 12.1 Å². The van der Waals surface area contributed by atoms with Gasteiger partial charge in [-0.1, -0.05) is 41.9 Å². The van der Waals surface area contributed by atoms with Gasteiger partial charge in [-0.15, -0.1) is 0 Å². The first kappa shape index (κ1) is 26.2. The summed E-state index contributed by atoms with van der Waals surface area (Å²) >= 11 is 8.26. The third-order valence-electron chi connectivity index (χ3n) is 4.88. The van der Waals surface area contributed by atoms with E-state index in [0.29, 0.717) is 45.9 Å². The van der Waals surface area contributed by atoms with Crippen LogP contribution >= 0.6 is 34.2 Å². The predicted molar refractivity (Wildman–Crippen MR) is 143 cm³/mol. The minimum absolute atomic E-state index is 0.114. The molecule has 3 rings (SSSR count). The Kier molecular flexibility index (Phi) is 9.23. The Hall–Kier alpha value is -3.42. The molecule has 35 heavy (non-hydrogen) atoms. The van der Waals surface area contributed by atoms with E-state index in [-0.39, 0.29) is 5.57 Å². The molecule has 0 radical (unpaired) electrons. The zero-order chi connectivity index (χ0) is 25.4. The van der Waals surface area contributed by atoms with Gasteiger partial charge in [-0.3, -0.25) is 4.79 Å². The monoisotopic (exact) mass is 604 g/mol. The van der Waals surface area contributed by atoms with Crippen molar-refractivity contribution < 1.29 is 23.7 Å². The normalized spacial score (nSPS) is 10.8. The number of carbonyl (C=O) groups excluding carboxylic acids is 1. The number of nitrogens with one attached hydrogen (secondary N) is 1. The van der Waals surface area contributed by atoms with E-state index in [9.17, 15) is 10.1 Å². The molecule has 0 saturated carbocycles. The number of methoxy groups -OCH3 is 3. The number of nitriles is 1. The van der Waals surface area contributed by atoms with Crippen LogP contribution in [0.2, 0.25) is 5.02 Å². The highest BCUT2D eigenvalue weighted by atomic mass is 127. The molecule has 3 aromatic carbocycles. The zero-order valence-corrected chi connectivity index (χ0v) is 22.1. The van der Waals surface area contributed by atoms with E-state index < -0.39 is 5.91 Å². The smallest absolute Gasteiger partial charge is 0.266 e. The molecule has 0 bridgehead atoms. The molecule has 9 heteroatoms. The highest BCUT2D eigenvalue weighted by molar-refractivity contribution is 14.1. The fourth-order valence-electron chi connectivity index (χ4n) is 3.16. The van der Waals surface area contributed by atoms with Gasteiger partial charge in [-0.05, 0) is 51.9 Å². The van der Waals surface area contributed by atoms with E-state index in [2.05, 4.69) is 27.9 Å². The Bertz CT molecular complexity index is 1290. The Balaban J connectivity index is 1.86. The maximum atomic E-state index is 12.9. The van der Waals surface area contributed by atoms with Gasteiger partial charge in [0.25, 0.3) is 5.91 Å². The van der Waals surface area contributed by atoms with Gasteiger partial charge >= 0.3 is 0 Å². The molecule has 1 N–H and O–H groups in total. The van der Waals surface area contributed by atoms with Crippen LogP contribution in [0, 0.1) is 14.9 Å². The van der Waals surface area contributed by atoms with Crippen molar-refractivity contribution in [2.45, 2.75) is 6.61 Å². The number of nitrogens with zero attached hydrogens (tertiary/aromatic N) is 1. The van der Waals surface area contributed by atoms with E-state index in [1.165, 1.54) is 39.5 Å². The van der Waals surface area contributed by atoms with Crippen LogP contribution in [0.1, 0.15) is 11.1 Å². The summed E-state index contributed by atoms with van der Waals surface area (Å²) in [6, 6.07) is 18.3. The summed E-state index contributed by atoms with van der Waals surface area (Å²) in [6.45, 7) is 0.376. The molecule has 0 atom stereocenters. The molecule has 0 spiro atoms. The summed E-state index contributed by atoms with van der Waals surface area (Å²) in [4.78, 5) is 12.9. The predicted octanol–water partition coefficient (Wildman–Crippen LogP) is 6.10. The molecule has 0 aromatic heterocycles. The quantitative estimate of drug-likeness (QED) is 0.181. The molecule has 0 aliphatic heterocycles. The second kappa shape index (κ2) is 12.3. The lowest BCUT2D eigenvalue weighted by atomic mass is 10.1. The maximum absolute atomic E-state index is 12.9. The number of halogens is 2. The molecule has 1 amide bonds. The standard InChI is InChI=1S/C26H22ClIN2O5/c1-32-22-13-21(23(33-2)12-19(22)27)30-26(31)18(14-29)9-17-10-20(28)25(24(11-17)34-3)35-15-16-7-5-4-6-8-16/h4-13H,15H2,1-3H3,(H,30,31)/b18-9+. The SMILES string of the molecule is COc1cc(NC(=O)/C(C#N)=C/c2cc(I)c(OCc3ccccc3)c(OC)c2)c(OC)cc1Cl. The van der Waals surface area contributed by atoms with Gasteiger partial charge in [-0.2, -0.15) is 5.26 Å². The number of hydrogen-bond donors (Lipinski definition) is 1. The van der Waals surface area contributed by atoms with Gasteiger partial charge < -0.3 is 24.3 Å². The van der Waals surface area contributed by atoms with Crippen LogP contribution in [0.5, 0.6) is 23.0 Å². The summed E-state index contributed by atoms with van der Waals surface area (Å²) in [5.74, 6) is 1.14. The summed E-state index contributed by atoms with van der Waals surface area (Å²) in [6.07, 6.45) is 1.47. The summed E-state index contributed by atoms with van der Waals surface area (Å²) in [5.41, 5.74) is 1.83. The fraction of sp³-hybridized carbons (Fsp3) is 0.154. The molecule has 0 unspecified atom stereocenters. The van der Waals surface area contributed by atoms with E-state index in [1.54, 1.807) is 12.1 Å². The van der Waals surface area contributed by atoms with Crippen molar-refractivity contribution >= 4 is 51.9 Å². The zero-order valence-electron chi connectivity index (χ0n) is 19.2. The van der Waals surface area contributed by atoms with Gasteiger partial charge in [0.15, 0.2) is 11.5 Å². The van der Waals surface area contributed by atoms with Gasteiger partial charge in [0.2, 0.25) is 0 Å². The molecular formula is C26H22ClIN2O5. The Morgan fingerprint density at radius 3 is 2.34 bits per heavy atom. The van der Waals surface area contributed by atoms with Crippen molar-refractivity contribution in [3.05, 3.63) is 79.9 Å². The molecule has 0 heterocycles. The van der Waals surface area contributed by atoms with Crippen LogP contribution < -0.4 is 24.3 Å². The Morgan fingerprint density at radius 2 is 1.71 bits per heavy atom. The molecule has 0 saturated heterocycles. The number of hydrogen-bond acceptors (Lipinski definition) is 6. The lowest BCUT2D eigenvalue weighted by Crippen LogP contribution is -2.14. The third kappa shape index (κ3) is 6.59. The van der Waals surface area contributed by atoms with E-state index >= 15 is 0 Å². The minimum atomic E-state index is -0.617. The van der Waals surface area contributed by atoms with Crippen molar-refractivity contribution in [2.75, 3.05) is 26.6 Å². The van der Waals surface area contributed by atoms with Crippen molar-refractivity contribution in [2.24, 2.45) is 0 Å². The van der Waals surface area contributed by atoms with Crippen LogP contribution in [0.15, 0.2) is 60.2 Å². The summed E-state index contributed by atoms with van der Waals surface area (Å²) < 4.78 is 22.7. The maximum Gasteiger partial charge on any atom is 0.266 e. The average Bonchev–Trinajstić information content (AvgIpc) is 2.87. The summed E-state index contributed by atoms with van der Waals surface area (Å²) in [7, 11) is 4.44. The van der Waals surface area contributed by atoms with E-state index in [4.69, 9.17) is 30.5 Å². The largest absolute Gasteiger partial charge is 0.495 e. The number of benzene rings is 3. The number of ether oxygens (including phenoxy) is 4. The molecule has 0 fully saturated rings. The van der Waals surface area contributed by atoms with Crippen LogP contribution in [-0.2, 0) is 11.4 Å². The highest BCUT2D eigenvalue weighted by Gasteiger charge is 2.17. The third-order valence-corrected chi connectivity index (χ3v) is 5.97. The first-order valence-corrected chi connectivity index (χ1v) is 11.7. The lowest BCUT2D eigenvalue weighted by molar-refractivity contribution is -0.112. The van der Waals surface area contributed by atoms with E-state index in [1.807, 2.05) is 36.4 Å². The van der Waals surface area contributed by atoms with Gasteiger partial charge in [-0.25, -0.2) is 0 Å². The van der Waals surface area contributed by atoms with Gasteiger partial charge in [0.1, 0.15) is 29.7 Å². The minimum Gasteiger partial charge on any atom is -0.495 e. The fourth-order valence-corrected chi connectivity index (χ4v) is 4.17.